The van der Waals surface area contributed by atoms with Gasteiger partial charge in [0.1, 0.15) is 5.01 Å². The molecular formula is C20H21N3OS. The lowest BCUT2D eigenvalue weighted by molar-refractivity contribution is 0.102. The fourth-order valence-electron chi connectivity index (χ4n) is 2.57. The molecule has 0 radical (unpaired) electrons. The van der Waals surface area contributed by atoms with E-state index in [0.717, 1.165) is 23.4 Å². The third kappa shape index (κ3) is 4.51. The monoisotopic (exact) mass is 351 g/mol. The summed E-state index contributed by atoms with van der Waals surface area (Å²) >= 11 is 1.43. The lowest BCUT2D eigenvalue weighted by Gasteiger charge is -2.09. The number of aromatic nitrogens is 2. The zero-order chi connectivity index (χ0) is 17.6. The molecule has 0 bridgehead atoms. The number of nitrogens with zero attached hydrogens (tertiary/aromatic N) is 2. The van der Waals surface area contributed by atoms with Crippen LogP contribution in [0.4, 0.5) is 5.13 Å². The highest BCUT2D eigenvalue weighted by Crippen LogP contribution is 2.23. The van der Waals surface area contributed by atoms with Crippen molar-refractivity contribution in [3.8, 4) is 0 Å². The Morgan fingerprint density at radius 3 is 2.44 bits per heavy atom. The van der Waals surface area contributed by atoms with Gasteiger partial charge in [0.2, 0.25) is 5.13 Å². The van der Waals surface area contributed by atoms with Gasteiger partial charge in [-0.05, 0) is 30.0 Å². The number of benzene rings is 2. The van der Waals surface area contributed by atoms with Crippen molar-refractivity contribution >= 4 is 22.4 Å². The first-order chi connectivity index (χ1) is 12.1. The molecule has 0 aliphatic rings. The van der Waals surface area contributed by atoms with Crippen LogP contribution in [0.2, 0.25) is 0 Å². The first-order valence-electron chi connectivity index (χ1n) is 8.40. The summed E-state index contributed by atoms with van der Waals surface area (Å²) in [5, 5.41) is 12.5. The Hall–Kier alpha value is -2.53. The van der Waals surface area contributed by atoms with Gasteiger partial charge in [0.05, 0.1) is 0 Å². The third-order valence-corrected chi connectivity index (χ3v) is 5.08. The van der Waals surface area contributed by atoms with E-state index < -0.39 is 0 Å². The molecule has 1 heterocycles. The highest BCUT2D eigenvalue weighted by molar-refractivity contribution is 7.15. The van der Waals surface area contributed by atoms with Crippen LogP contribution in [0.1, 0.15) is 46.3 Å². The number of anilines is 1. The summed E-state index contributed by atoms with van der Waals surface area (Å²) in [6.45, 7) is 4.12. The first kappa shape index (κ1) is 17.3. The van der Waals surface area contributed by atoms with E-state index in [-0.39, 0.29) is 5.91 Å². The van der Waals surface area contributed by atoms with Crippen molar-refractivity contribution in [2.24, 2.45) is 0 Å². The van der Waals surface area contributed by atoms with Gasteiger partial charge >= 0.3 is 0 Å². The molecule has 0 fully saturated rings. The Morgan fingerprint density at radius 2 is 1.72 bits per heavy atom. The Morgan fingerprint density at radius 1 is 1.00 bits per heavy atom. The number of amides is 1. The smallest absolute Gasteiger partial charge is 0.257 e. The Labute approximate surface area is 151 Å². The van der Waals surface area contributed by atoms with E-state index in [1.54, 1.807) is 0 Å². The Bertz CT molecular complexity index is 843. The highest BCUT2D eigenvalue weighted by Gasteiger charge is 2.14. The maximum atomic E-state index is 12.7. The molecule has 5 heteroatoms. The summed E-state index contributed by atoms with van der Waals surface area (Å²) < 4.78 is 0. The van der Waals surface area contributed by atoms with E-state index in [4.69, 9.17) is 0 Å². The van der Waals surface area contributed by atoms with Crippen molar-refractivity contribution in [1.82, 2.24) is 10.2 Å². The average molecular weight is 351 g/mol. The fraction of sp³-hybridized carbons (Fsp3) is 0.250. The lowest BCUT2D eigenvalue weighted by Crippen LogP contribution is -2.14. The van der Waals surface area contributed by atoms with Crippen molar-refractivity contribution in [3.63, 3.8) is 0 Å². The molecule has 1 N–H and O–H groups in total. The SMILES string of the molecule is CC(C)c1nnc(NC(=O)c2ccccc2CCc2ccccc2)s1. The van der Waals surface area contributed by atoms with E-state index in [2.05, 4.69) is 41.5 Å². The van der Waals surface area contributed by atoms with Crippen LogP contribution in [0.25, 0.3) is 0 Å². The molecule has 25 heavy (non-hydrogen) atoms. The summed E-state index contributed by atoms with van der Waals surface area (Å²) in [6.07, 6.45) is 1.72. The van der Waals surface area contributed by atoms with E-state index >= 15 is 0 Å². The van der Waals surface area contributed by atoms with E-state index in [1.165, 1.54) is 16.9 Å². The van der Waals surface area contributed by atoms with Crippen LogP contribution < -0.4 is 5.32 Å². The second-order valence-corrected chi connectivity index (χ2v) is 7.21. The van der Waals surface area contributed by atoms with Crippen molar-refractivity contribution in [1.29, 1.82) is 0 Å². The van der Waals surface area contributed by atoms with Crippen LogP contribution in [0, 0.1) is 0 Å². The minimum Gasteiger partial charge on any atom is -0.296 e. The average Bonchev–Trinajstić information content (AvgIpc) is 3.10. The predicted molar refractivity (Wildman–Crippen MR) is 102 cm³/mol. The fourth-order valence-corrected chi connectivity index (χ4v) is 3.31. The van der Waals surface area contributed by atoms with Crippen LogP contribution in [0.15, 0.2) is 54.6 Å². The number of hydrogen-bond donors (Lipinski definition) is 1. The highest BCUT2D eigenvalue weighted by atomic mass is 32.1. The van der Waals surface area contributed by atoms with Gasteiger partial charge in [-0.2, -0.15) is 0 Å². The molecule has 4 nitrogen and oxygen atoms in total. The molecule has 1 aromatic heterocycles. The van der Waals surface area contributed by atoms with Gasteiger partial charge in [0.15, 0.2) is 0 Å². The molecule has 0 spiro atoms. The summed E-state index contributed by atoms with van der Waals surface area (Å²) in [7, 11) is 0. The standard InChI is InChI=1S/C20H21N3OS/c1-14(2)19-22-23-20(25-19)21-18(24)17-11-7-6-10-16(17)13-12-15-8-4-3-5-9-15/h3-11,14H,12-13H2,1-2H3,(H,21,23,24). The first-order valence-corrected chi connectivity index (χ1v) is 9.21. The Kier molecular flexibility index (Phi) is 5.56. The van der Waals surface area contributed by atoms with Crippen LogP contribution in [-0.2, 0) is 12.8 Å². The second kappa shape index (κ2) is 8.03. The van der Waals surface area contributed by atoms with Gasteiger partial charge in [0, 0.05) is 11.5 Å². The van der Waals surface area contributed by atoms with Crippen molar-refractivity contribution in [3.05, 3.63) is 76.3 Å². The van der Waals surface area contributed by atoms with Gasteiger partial charge in [-0.1, -0.05) is 73.7 Å². The molecule has 2 aromatic carbocycles. The number of nitrogens with one attached hydrogen (secondary N) is 1. The normalized spacial score (nSPS) is 10.8. The lowest BCUT2D eigenvalue weighted by atomic mass is 9.99. The van der Waals surface area contributed by atoms with E-state index in [1.807, 2.05) is 42.5 Å². The predicted octanol–water partition coefficient (Wildman–Crippen LogP) is 4.70. The molecule has 0 aliphatic heterocycles. The van der Waals surface area contributed by atoms with E-state index in [0.29, 0.717) is 16.6 Å². The summed E-state index contributed by atoms with van der Waals surface area (Å²) in [4.78, 5) is 12.7. The molecule has 0 saturated carbocycles. The molecule has 1 amide bonds. The molecular weight excluding hydrogens is 330 g/mol. The molecule has 0 saturated heterocycles. The molecule has 0 aliphatic carbocycles. The van der Waals surface area contributed by atoms with Gasteiger partial charge < -0.3 is 0 Å². The summed E-state index contributed by atoms with van der Waals surface area (Å²) in [6, 6.07) is 18.0. The van der Waals surface area contributed by atoms with Gasteiger partial charge in [-0.15, -0.1) is 10.2 Å². The van der Waals surface area contributed by atoms with Gasteiger partial charge in [-0.25, -0.2) is 0 Å². The molecule has 0 atom stereocenters. The largest absolute Gasteiger partial charge is 0.296 e. The maximum Gasteiger partial charge on any atom is 0.257 e. The van der Waals surface area contributed by atoms with Crippen molar-refractivity contribution in [2.75, 3.05) is 5.32 Å². The van der Waals surface area contributed by atoms with Crippen LogP contribution >= 0.6 is 11.3 Å². The van der Waals surface area contributed by atoms with Crippen LogP contribution in [0.5, 0.6) is 0 Å². The number of hydrogen-bond acceptors (Lipinski definition) is 4. The van der Waals surface area contributed by atoms with Crippen LogP contribution in [-0.4, -0.2) is 16.1 Å². The summed E-state index contributed by atoms with van der Waals surface area (Å²) in [5.74, 6) is 0.177. The number of rotatable bonds is 6. The van der Waals surface area contributed by atoms with Gasteiger partial charge in [0.25, 0.3) is 5.91 Å². The van der Waals surface area contributed by atoms with Crippen molar-refractivity contribution < 1.29 is 4.79 Å². The quantitative estimate of drug-likeness (QED) is 0.700. The number of carbonyl (C=O) groups is 1. The number of aryl methyl sites for hydroxylation is 2. The molecule has 3 aromatic rings. The van der Waals surface area contributed by atoms with Gasteiger partial charge in [-0.3, -0.25) is 10.1 Å². The molecule has 3 rings (SSSR count). The summed E-state index contributed by atoms with van der Waals surface area (Å²) in [5.41, 5.74) is 3.00. The molecule has 0 unspecified atom stereocenters. The van der Waals surface area contributed by atoms with Crippen molar-refractivity contribution in [2.45, 2.75) is 32.6 Å². The topological polar surface area (TPSA) is 54.9 Å². The Balaban J connectivity index is 1.71. The minimum atomic E-state index is -0.130. The third-order valence-electron chi connectivity index (χ3n) is 3.94. The second-order valence-electron chi connectivity index (χ2n) is 6.20. The molecule has 128 valence electrons. The minimum absolute atomic E-state index is 0.130. The number of carbonyl (C=O) groups excluding carboxylic acids is 1. The van der Waals surface area contributed by atoms with E-state index in [9.17, 15) is 4.79 Å². The zero-order valence-corrected chi connectivity index (χ0v) is 15.2. The van der Waals surface area contributed by atoms with Crippen LogP contribution in [0.3, 0.4) is 0 Å². The zero-order valence-electron chi connectivity index (χ0n) is 14.4. The maximum absolute atomic E-state index is 12.7.